The molecule has 1 aromatic carbocycles. The normalized spacial score (nSPS) is 12.0. The molecule has 0 aliphatic carbocycles. The number of para-hydroxylation sites is 2. The Morgan fingerprint density at radius 2 is 2.00 bits per heavy atom. The molecule has 1 heterocycles. The molecule has 1 atom stereocenters. The van der Waals surface area contributed by atoms with E-state index in [9.17, 15) is 0 Å². The molecule has 0 bridgehead atoms. The van der Waals surface area contributed by atoms with Crippen LogP contribution in [0.3, 0.4) is 0 Å². The summed E-state index contributed by atoms with van der Waals surface area (Å²) in [5.74, 6) is 3.56. The van der Waals surface area contributed by atoms with Crippen LogP contribution in [0.25, 0.3) is 11.0 Å². The van der Waals surface area contributed by atoms with E-state index in [-0.39, 0.29) is 6.04 Å². The van der Waals surface area contributed by atoms with Gasteiger partial charge in [0.25, 0.3) is 0 Å². The minimum atomic E-state index is -0.0761. The second-order valence-electron chi connectivity index (χ2n) is 3.72. The van der Waals surface area contributed by atoms with Crippen LogP contribution in [-0.2, 0) is 0 Å². The Morgan fingerprint density at radius 3 is 2.59 bits per heavy atom. The van der Waals surface area contributed by atoms with Gasteiger partial charge >= 0.3 is 0 Å². The number of nitrogens with one attached hydrogen (secondary N) is 1. The van der Waals surface area contributed by atoms with Crippen LogP contribution in [0.5, 0.6) is 0 Å². The summed E-state index contributed by atoms with van der Waals surface area (Å²) in [6, 6.07) is 7.51. The number of aromatic nitrogens is 2. The van der Waals surface area contributed by atoms with Gasteiger partial charge in [0.1, 0.15) is 0 Å². The van der Waals surface area contributed by atoms with E-state index in [2.05, 4.69) is 21.2 Å². The average Bonchev–Trinajstić information content (AvgIpc) is 2.36. The average molecular weight is 226 g/mol. The Labute approximate surface area is 100 Å². The molecule has 2 rings (SSSR count). The van der Waals surface area contributed by atoms with Gasteiger partial charge in [-0.3, -0.25) is 0 Å². The highest BCUT2D eigenvalue weighted by molar-refractivity contribution is 5.79. The van der Waals surface area contributed by atoms with E-state index in [0.717, 1.165) is 17.5 Å². The summed E-state index contributed by atoms with van der Waals surface area (Å²) < 4.78 is 0. The summed E-state index contributed by atoms with van der Waals surface area (Å²) >= 11 is 0. The number of nitrogens with zero attached hydrogens (tertiary/aromatic N) is 2. The molecule has 0 spiro atoms. The molecule has 0 fully saturated rings. The molecule has 2 aromatic rings. The monoisotopic (exact) mass is 226 g/mol. The van der Waals surface area contributed by atoms with Gasteiger partial charge in [0, 0.05) is 0 Å². The number of fused-ring (bicyclic) bond motifs is 1. The van der Waals surface area contributed by atoms with Crippen molar-refractivity contribution in [1.29, 1.82) is 0 Å². The molecule has 0 radical (unpaired) electrons. The minimum Gasteiger partial charge on any atom is -0.381 e. The fourth-order valence-electron chi connectivity index (χ4n) is 1.55. The number of nitrogen functional groups attached to an aromatic ring is 1. The maximum Gasteiger partial charge on any atom is 0.170 e. The smallest absolute Gasteiger partial charge is 0.170 e. The topological polar surface area (TPSA) is 63.8 Å². The quantitative estimate of drug-likeness (QED) is 0.786. The fourth-order valence-corrected chi connectivity index (χ4v) is 1.55. The van der Waals surface area contributed by atoms with Crippen molar-refractivity contribution in [3.05, 3.63) is 24.3 Å². The first kappa shape index (κ1) is 11.2. The Morgan fingerprint density at radius 1 is 1.35 bits per heavy atom. The maximum atomic E-state index is 5.84. The molecule has 0 aliphatic rings. The van der Waals surface area contributed by atoms with Crippen molar-refractivity contribution in [2.75, 3.05) is 11.1 Å². The van der Waals surface area contributed by atoms with E-state index in [4.69, 9.17) is 12.2 Å². The van der Waals surface area contributed by atoms with Gasteiger partial charge in [-0.15, -0.1) is 6.42 Å². The van der Waals surface area contributed by atoms with Crippen LogP contribution < -0.4 is 11.1 Å². The van der Waals surface area contributed by atoms with Crippen molar-refractivity contribution in [3.8, 4) is 12.3 Å². The van der Waals surface area contributed by atoms with Crippen LogP contribution >= 0.6 is 0 Å². The number of terminal acetylenes is 1. The highest BCUT2D eigenvalue weighted by atomic mass is 15.1. The molecule has 0 amide bonds. The van der Waals surface area contributed by atoms with Gasteiger partial charge in [-0.05, 0) is 18.6 Å². The van der Waals surface area contributed by atoms with Crippen LogP contribution in [0.15, 0.2) is 24.3 Å². The zero-order valence-electron chi connectivity index (χ0n) is 9.64. The van der Waals surface area contributed by atoms with E-state index in [0.29, 0.717) is 11.6 Å². The summed E-state index contributed by atoms with van der Waals surface area (Å²) in [5.41, 5.74) is 7.42. The number of nitrogens with two attached hydrogens (primary N) is 1. The second kappa shape index (κ2) is 4.71. The lowest BCUT2D eigenvalue weighted by atomic mass is 10.2. The first-order chi connectivity index (χ1) is 8.24. The van der Waals surface area contributed by atoms with Crippen molar-refractivity contribution in [1.82, 2.24) is 9.97 Å². The van der Waals surface area contributed by atoms with Gasteiger partial charge in [0.15, 0.2) is 11.6 Å². The number of benzene rings is 1. The Kier molecular flexibility index (Phi) is 3.10. The molecule has 0 saturated carbocycles. The van der Waals surface area contributed by atoms with Crippen molar-refractivity contribution in [2.45, 2.75) is 19.4 Å². The Bertz CT molecular complexity index is 571. The third-order valence-electron chi connectivity index (χ3n) is 2.52. The van der Waals surface area contributed by atoms with Gasteiger partial charge in [-0.1, -0.05) is 25.0 Å². The highest BCUT2D eigenvalue weighted by Crippen LogP contribution is 2.19. The number of hydrogen-bond donors (Lipinski definition) is 2. The van der Waals surface area contributed by atoms with E-state index in [1.807, 2.05) is 31.2 Å². The lowest BCUT2D eigenvalue weighted by Crippen LogP contribution is -2.18. The van der Waals surface area contributed by atoms with Crippen molar-refractivity contribution in [2.24, 2.45) is 0 Å². The molecule has 1 unspecified atom stereocenters. The molecule has 4 heteroatoms. The minimum absolute atomic E-state index is 0.0761. The lowest BCUT2D eigenvalue weighted by Gasteiger charge is -2.13. The Balaban J connectivity index is 2.41. The number of anilines is 2. The summed E-state index contributed by atoms with van der Waals surface area (Å²) in [5, 5.41) is 3.10. The van der Waals surface area contributed by atoms with E-state index in [1.54, 1.807) is 0 Å². The van der Waals surface area contributed by atoms with Crippen LogP contribution in [0.2, 0.25) is 0 Å². The SMILES string of the molecule is C#CC(CC)Nc1nc2ccccc2nc1N. The summed E-state index contributed by atoms with van der Waals surface area (Å²) in [7, 11) is 0. The molecule has 0 saturated heterocycles. The summed E-state index contributed by atoms with van der Waals surface area (Å²) in [4.78, 5) is 8.70. The van der Waals surface area contributed by atoms with Crippen molar-refractivity contribution >= 4 is 22.7 Å². The number of rotatable bonds is 3. The van der Waals surface area contributed by atoms with Crippen LogP contribution in [0.4, 0.5) is 11.6 Å². The van der Waals surface area contributed by atoms with Crippen LogP contribution in [-0.4, -0.2) is 16.0 Å². The van der Waals surface area contributed by atoms with Crippen LogP contribution in [0.1, 0.15) is 13.3 Å². The van der Waals surface area contributed by atoms with Crippen molar-refractivity contribution in [3.63, 3.8) is 0 Å². The first-order valence-corrected chi connectivity index (χ1v) is 5.49. The van der Waals surface area contributed by atoms with Gasteiger partial charge in [0.05, 0.1) is 17.1 Å². The van der Waals surface area contributed by atoms with Crippen molar-refractivity contribution < 1.29 is 0 Å². The zero-order chi connectivity index (χ0) is 12.3. The molecule has 1 aromatic heterocycles. The molecule has 3 N–H and O–H groups in total. The lowest BCUT2D eigenvalue weighted by molar-refractivity contribution is 0.851. The van der Waals surface area contributed by atoms with Crippen LogP contribution in [0, 0.1) is 12.3 Å². The fraction of sp³-hybridized carbons (Fsp3) is 0.231. The number of hydrogen-bond acceptors (Lipinski definition) is 4. The van der Waals surface area contributed by atoms with Gasteiger partial charge in [-0.2, -0.15) is 0 Å². The molecule has 17 heavy (non-hydrogen) atoms. The summed E-state index contributed by atoms with van der Waals surface area (Å²) in [6.45, 7) is 2.00. The van der Waals surface area contributed by atoms with Gasteiger partial charge in [0.2, 0.25) is 0 Å². The van der Waals surface area contributed by atoms with Gasteiger partial charge in [-0.25, -0.2) is 9.97 Å². The molecular weight excluding hydrogens is 212 g/mol. The molecule has 4 nitrogen and oxygen atoms in total. The Hall–Kier alpha value is -2.28. The molecular formula is C13H14N4. The predicted octanol–water partition coefficient (Wildman–Crippen LogP) is 2.04. The maximum absolute atomic E-state index is 5.84. The van der Waals surface area contributed by atoms with E-state index in [1.165, 1.54) is 0 Å². The largest absolute Gasteiger partial charge is 0.381 e. The third-order valence-corrected chi connectivity index (χ3v) is 2.52. The second-order valence-corrected chi connectivity index (χ2v) is 3.72. The zero-order valence-corrected chi connectivity index (χ0v) is 9.64. The predicted molar refractivity (Wildman–Crippen MR) is 70.5 cm³/mol. The standard InChI is InChI=1S/C13H14N4/c1-3-9(4-2)15-13-12(14)16-10-7-5-6-8-11(10)17-13/h1,5-9H,4H2,2H3,(H2,14,16)(H,15,17). The third kappa shape index (κ3) is 2.28. The van der Waals surface area contributed by atoms with E-state index < -0.39 is 0 Å². The van der Waals surface area contributed by atoms with E-state index >= 15 is 0 Å². The molecule has 0 aliphatic heterocycles. The highest BCUT2D eigenvalue weighted by Gasteiger charge is 2.08. The first-order valence-electron chi connectivity index (χ1n) is 5.49. The van der Waals surface area contributed by atoms with Gasteiger partial charge < -0.3 is 11.1 Å². The summed E-state index contributed by atoms with van der Waals surface area (Å²) in [6.07, 6.45) is 6.20. The molecule has 86 valence electrons.